The number of amides is 3. The Kier molecular flexibility index (Phi) is 8.25. The second-order valence-corrected chi connectivity index (χ2v) is 10.5. The number of hydrogen-bond acceptors (Lipinski definition) is 5. The van der Waals surface area contributed by atoms with Crippen LogP contribution in [0.2, 0.25) is 10.0 Å². The maximum atomic E-state index is 13.0. The van der Waals surface area contributed by atoms with Gasteiger partial charge in [-0.15, -0.1) is 0 Å². The van der Waals surface area contributed by atoms with Gasteiger partial charge in [-0.25, -0.2) is 4.79 Å². The number of piperidine rings is 1. The number of carbonyl (C=O) groups excluding carboxylic acids is 2. The molecule has 4 rings (SSSR count). The number of benzene rings is 1. The third-order valence-corrected chi connectivity index (χ3v) is 8.26. The predicted molar refractivity (Wildman–Crippen MR) is 132 cm³/mol. The summed E-state index contributed by atoms with van der Waals surface area (Å²) in [5.74, 6) is 0.0301. The van der Waals surface area contributed by atoms with Gasteiger partial charge in [0.05, 0.1) is 28.8 Å². The van der Waals surface area contributed by atoms with Crippen molar-refractivity contribution in [2.45, 2.75) is 44.2 Å². The molecule has 3 aliphatic rings. The van der Waals surface area contributed by atoms with Crippen LogP contribution < -0.4 is 5.32 Å². The van der Waals surface area contributed by atoms with Crippen molar-refractivity contribution >= 4 is 40.8 Å². The van der Waals surface area contributed by atoms with Gasteiger partial charge in [-0.1, -0.05) is 23.2 Å². The van der Waals surface area contributed by atoms with E-state index in [1.165, 1.54) is 0 Å². The van der Waals surface area contributed by atoms with Crippen LogP contribution in [-0.2, 0) is 9.53 Å². The second-order valence-electron chi connectivity index (χ2n) is 9.71. The van der Waals surface area contributed by atoms with E-state index in [1.807, 2.05) is 4.90 Å². The molecule has 2 heterocycles. The normalized spacial score (nSPS) is 23.6. The predicted octanol–water partition coefficient (Wildman–Crippen LogP) is 3.31. The number of aliphatic hydroxyl groups is 1. The first-order valence-electron chi connectivity index (χ1n) is 12.0. The van der Waals surface area contributed by atoms with Crippen molar-refractivity contribution in [3.63, 3.8) is 0 Å². The Hall–Kier alpha value is -1.58. The van der Waals surface area contributed by atoms with Crippen LogP contribution in [0.5, 0.6) is 0 Å². The van der Waals surface area contributed by atoms with E-state index in [1.54, 1.807) is 30.2 Å². The molecule has 1 spiro atoms. The van der Waals surface area contributed by atoms with Gasteiger partial charge in [-0.3, -0.25) is 4.79 Å². The third kappa shape index (κ3) is 5.97. The maximum Gasteiger partial charge on any atom is 0.321 e. The Morgan fingerprint density at radius 1 is 1.21 bits per heavy atom. The molecule has 2 aliphatic heterocycles. The summed E-state index contributed by atoms with van der Waals surface area (Å²) in [5.41, 5.74) is 0.741. The van der Waals surface area contributed by atoms with Gasteiger partial charge in [0.15, 0.2) is 0 Å². The van der Waals surface area contributed by atoms with E-state index in [-0.39, 0.29) is 35.9 Å². The van der Waals surface area contributed by atoms with Crippen LogP contribution in [0.1, 0.15) is 32.1 Å². The third-order valence-electron chi connectivity index (χ3n) is 7.52. The number of anilines is 1. The molecule has 0 bridgehead atoms. The lowest BCUT2D eigenvalue weighted by Gasteiger charge is -2.38. The average Bonchev–Trinajstić information content (AvgIpc) is 3.61. The highest BCUT2D eigenvalue weighted by Gasteiger charge is 2.51. The van der Waals surface area contributed by atoms with Crippen LogP contribution in [0.3, 0.4) is 0 Å². The fourth-order valence-corrected chi connectivity index (χ4v) is 5.38. The van der Waals surface area contributed by atoms with Crippen LogP contribution in [0.4, 0.5) is 10.5 Å². The fourth-order valence-electron chi connectivity index (χ4n) is 5.08. The van der Waals surface area contributed by atoms with Gasteiger partial charge in [0, 0.05) is 51.9 Å². The summed E-state index contributed by atoms with van der Waals surface area (Å²) in [6, 6.07) is 4.60. The zero-order valence-electron chi connectivity index (χ0n) is 19.6. The van der Waals surface area contributed by atoms with E-state index < -0.39 is 0 Å². The monoisotopic (exact) mass is 512 g/mol. The van der Waals surface area contributed by atoms with Crippen LogP contribution in [-0.4, -0.2) is 96.9 Å². The van der Waals surface area contributed by atoms with E-state index in [2.05, 4.69) is 10.2 Å². The van der Waals surface area contributed by atoms with Gasteiger partial charge >= 0.3 is 6.03 Å². The molecule has 3 fully saturated rings. The molecule has 2 atom stereocenters. The van der Waals surface area contributed by atoms with Gasteiger partial charge in [-0.05, 0) is 55.8 Å². The molecule has 0 aromatic heterocycles. The first-order valence-corrected chi connectivity index (χ1v) is 12.8. The Balaban J connectivity index is 1.31. The lowest BCUT2D eigenvalue weighted by Crippen LogP contribution is -2.49. The number of rotatable bonds is 7. The topological polar surface area (TPSA) is 85.3 Å². The molecule has 8 nitrogen and oxygen atoms in total. The molecule has 1 aliphatic carbocycles. The summed E-state index contributed by atoms with van der Waals surface area (Å²) < 4.78 is 5.45. The quantitative estimate of drug-likeness (QED) is 0.585. The van der Waals surface area contributed by atoms with Crippen LogP contribution >= 0.6 is 23.2 Å². The highest BCUT2D eigenvalue weighted by molar-refractivity contribution is 6.42. The number of ether oxygens (including phenoxy) is 1. The molecule has 1 aromatic carbocycles. The number of aliphatic hydroxyl groups excluding tert-OH is 1. The Morgan fingerprint density at radius 2 is 2.00 bits per heavy atom. The Labute approximate surface area is 211 Å². The molecule has 0 radical (unpaired) electrons. The molecule has 34 heavy (non-hydrogen) atoms. The minimum atomic E-state index is -0.271. The standard InChI is InChI=1S/C24H34Cl2N4O4/c1-34-16-18(4-9-28-11-8-24(6-7-24)21(31)15-28)30-13-12-29(10-5-22(30)32)23(33)27-17-2-3-19(25)20(26)14-17/h2-3,14,18,21,31H,4-13,15-16H2,1H3,(H,27,33)/t18-,21-/m1/s1. The van der Waals surface area contributed by atoms with Crippen molar-refractivity contribution < 1.29 is 19.4 Å². The molecular formula is C24H34Cl2N4O4. The van der Waals surface area contributed by atoms with E-state index in [0.29, 0.717) is 48.5 Å². The van der Waals surface area contributed by atoms with Crippen molar-refractivity contribution in [3.05, 3.63) is 28.2 Å². The van der Waals surface area contributed by atoms with Crippen molar-refractivity contribution in [2.75, 3.05) is 58.3 Å². The number of likely N-dealkylation sites (tertiary alicyclic amines) is 1. The Bertz CT molecular complexity index is 898. The number of halogens is 2. The van der Waals surface area contributed by atoms with E-state index in [0.717, 1.165) is 38.8 Å². The summed E-state index contributed by atoms with van der Waals surface area (Å²) in [7, 11) is 1.65. The van der Waals surface area contributed by atoms with Crippen molar-refractivity contribution in [2.24, 2.45) is 5.41 Å². The highest BCUT2D eigenvalue weighted by Crippen LogP contribution is 2.53. The van der Waals surface area contributed by atoms with Gasteiger partial charge in [0.25, 0.3) is 0 Å². The van der Waals surface area contributed by atoms with E-state index in [4.69, 9.17) is 27.9 Å². The van der Waals surface area contributed by atoms with Crippen LogP contribution in [0, 0.1) is 5.41 Å². The molecular weight excluding hydrogens is 479 g/mol. The number of methoxy groups -OCH3 is 1. The summed E-state index contributed by atoms with van der Waals surface area (Å²) in [4.78, 5) is 31.6. The number of hydrogen-bond donors (Lipinski definition) is 2. The summed E-state index contributed by atoms with van der Waals surface area (Å²) in [6.45, 7) is 4.19. The average molecular weight is 513 g/mol. The molecule has 3 amide bonds. The molecule has 188 valence electrons. The molecule has 2 N–H and O–H groups in total. The number of β-amino-alcohol motifs (C(OH)–C–C–N with tert-alkyl or cyclic N) is 1. The summed E-state index contributed by atoms with van der Waals surface area (Å²) in [5, 5.41) is 14.1. The van der Waals surface area contributed by atoms with Gasteiger partial charge < -0.3 is 29.9 Å². The minimum Gasteiger partial charge on any atom is -0.391 e. The number of urea groups is 1. The van der Waals surface area contributed by atoms with Crippen molar-refractivity contribution in [3.8, 4) is 0 Å². The van der Waals surface area contributed by atoms with Gasteiger partial charge in [0.2, 0.25) is 5.91 Å². The number of nitrogens with one attached hydrogen (secondary N) is 1. The smallest absolute Gasteiger partial charge is 0.321 e. The molecule has 1 aromatic rings. The zero-order valence-corrected chi connectivity index (χ0v) is 21.2. The van der Waals surface area contributed by atoms with Gasteiger partial charge in [0.1, 0.15) is 0 Å². The first-order chi connectivity index (χ1) is 16.3. The second kappa shape index (κ2) is 11.0. The van der Waals surface area contributed by atoms with Crippen molar-refractivity contribution in [1.82, 2.24) is 14.7 Å². The van der Waals surface area contributed by atoms with Crippen molar-refractivity contribution in [1.29, 1.82) is 0 Å². The first kappa shape index (κ1) is 25.5. The fraction of sp³-hybridized carbons (Fsp3) is 0.667. The number of nitrogens with zero attached hydrogens (tertiary/aromatic N) is 3. The lowest BCUT2D eigenvalue weighted by atomic mass is 9.90. The molecule has 1 saturated carbocycles. The van der Waals surface area contributed by atoms with Crippen LogP contribution in [0.15, 0.2) is 18.2 Å². The maximum absolute atomic E-state index is 13.0. The molecule has 10 heteroatoms. The Morgan fingerprint density at radius 3 is 2.68 bits per heavy atom. The highest BCUT2D eigenvalue weighted by atomic mass is 35.5. The minimum absolute atomic E-state index is 0.0301. The zero-order chi connectivity index (χ0) is 24.3. The SMILES string of the molecule is COC[C@@H](CCN1CCC2(CC2)[C@H](O)C1)N1CCN(C(=O)Nc2ccc(Cl)c(Cl)c2)CCC1=O. The summed E-state index contributed by atoms with van der Waals surface area (Å²) in [6.07, 6.45) is 4.13. The van der Waals surface area contributed by atoms with E-state index >= 15 is 0 Å². The number of carbonyl (C=O) groups is 2. The molecule has 2 saturated heterocycles. The van der Waals surface area contributed by atoms with E-state index in [9.17, 15) is 14.7 Å². The van der Waals surface area contributed by atoms with Gasteiger partial charge in [-0.2, -0.15) is 0 Å². The summed E-state index contributed by atoms with van der Waals surface area (Å²) >= 11 is 12.0. The largest absolute Gasteiger partial charge is 0.391 e. The lowest BCUT2D eigenvalue weighted by molar-refractivity contribution is -0.134. The van der Waals surface area contributed by atoms with Crippen LogP contribution in [0.25, 0.3) is 0 Å². The molecule has 0 unspecified atom stereocenters.